The van der Waals surface area contributed by atoms with E-state index in [1.807, 2.05) is 0 Å². The van der Waals surface area contributed by atoms with Crippen molar-refractivity contribution < 1.29 is 0 Å². The normalized spacial score (nSPS) is 26.4. The van der Waals surface area contributed by atoms with E-state index < -0.39 is 0 Å². The van der Waals surface area contributed by atoms with Gasteiger partial charge >= 0.3 is 0 Å². The van der Waals surface area contributed by atoms with Gasteiger partial charge in [-0.1, -0.05) is 24.3 Å². The van der Waals surface area contributed by atoms with Crippen LogP contribution in [0.1, 0.15) is 19.8 Å². The third kappa shape index (κ3) is 1.22. The highest BCUT2D eigenvalue weighted by Gasteiger charge is 2.05. The lowest BCUT2D eigenvalue weighted by Gasteiger charge is -2.14. The summed E-state index contributed by atoms with van der Waals surface area (Å²) in [6, 6.07) is 0. The Morgan fingerprint density at radius 1 is 1.75 bits per heavy atom. The fourth-order valence-electron chi connectivity index (χ4n) is 0.814. The van der Waals surface area contributed by atoms with Crippen LogP contribution in [0.2, 0.25) is 0 Å². The van der Waals surface area contributed by atoms with Crippen molar-refractivity contribution in [2.24, 2.45) is 5.92 Å². The van der Waals surface area contributed by atoms with Crippen molar-refractivity contribution in [1.29, 1.82) is 0 Å². The van der Waals surface area contributed by atoms with Crippen LogP contribution in [-0.2, 0) is 0 Å². The monoisotopic (exact) mass is 108 g/mol. The van der Waals surface area contributed by atoms with E-state index in [0.717, 1.165) is 5.92 Å². The van der Waals surface area contributed by atoms with Crippen LogP contribution in [0.25, 0.3) is 0 Å². The molecule has 1 aliphatic rings. The zero-order chi connectivity index (χ0) is 5.82. The highest BCUT2D eigenvalue weighted by molar-refractivity contribution is 5.04. The molecule has 1 atom stereocenters. The van der Waals surface area contributed by atoms with Gasteiger partial charge < -0.3 is 0 Å². The molecule has 0 amide bonds. The van der Waals surface area contributed by atoms with E-state index in [2.05, 4.69) is 31.2 Å². The summed E-state index contributed by atoms with van der Waals surface area (Å²) in [5, 5.41) is 0. The Kier molecular flexibility index (Phi) is 1.90. The molecule has 0 aliphatic heterocycles. The van der Waals surface area contributed by atoms with E-state index in [4.69, 9.17) is 0 Å². The highest BCUT2D eigenvalue weighted by atomic mass is 14.1. The van der Waals surface area contributed by atoms with Crippen molar-refractivity contribution in [2.45, 2.75) is 19.8 Å². The smallest absolute Gasteiger partial charge is 0.0164 e. The SMILES string of the molecule is CC=CCC1C=CC1. The van der Waals surface area contributed by atoms with E-state index >= 15 is 0 Å². The molecule has 0 radical (unpaired) electrons. The molecule has 0 saturated heterocycles. The molecule has 0 nitrogen and oxygen atoms in total. The molecule has 1 aliphatic carbocycles. The minimum atomic E-state index is 0.867. The molecule has 0 aromatic carbocycles. The van der Waals surface area contributed by atoms with Gasteiger partial charge in [0.05, 0.1) is 0 Å². The van der Waals surface area contributed by atoms with Crippen molar-refractivity contribution in [3.05, 3.63) is 24.3 Å². The lowest BCUT2D eigenvalue weighted by Crippen LogP contribution is -1.99. The summed E-state index contributed by atoms with van der Waals surface area (Å²) < 4.78 is 0. The number of hydrogen-bond acceptors (Lipinski definition) is 0. The maximum atomic E-state index is 2.28. The molecule has 0 saturated carbocycles. The second kappa shape index (κ2) is 2.71. The summed E-state index contributed by atoms with van der Waals surface area (Å²) in [7, 11) is 0. The van der Waals surface area contributed by atoms with E-state index in [-0.39, 0.29) is 0 Å². The van der Waals surface area contributed by atoms with Gasteiger partial charge in [-0.3, -0.25) is 0 Å². The molecule has 0 N–H and O–H groups in total. The molecule has 1 rings (SSSR count). The predicted molar refractivity (Wildman–Crippen MR) is 36.7 cm³/mol. The number of rotatable bonds is 2. The first-order chi connectivity index (χ1) is 3.93. The third-order valence-corrected chi connectivity index (χ3v) is 1.52. The highest BCUT2D eigenvalue weighted by Crippen LogP contribution is 2.20. The second-order valence-electron chi connectivity index (χ2n) is 2.23. The van der Waals surface area contributed by atoms with Crippen LogP contribution >= 0.6 is 0 Å². The quantitative estimate of drug-likeness (QED) is 0.477. The third-order valence-electron chi connectivity index (χ3n) is 1.52. The Morgan fingerprint density at radius 2 is 2.50 bits per heavy atom. The maximum absolute atomic E-state index is 2.28. The Morgan fingerprint density at radius 3 is 2.88 bits per heavy atom. The van der Waals surface area contributed by atoms with Crippen LogP contribution in [-0.4, -0.2) is 0 Å². The van der Waals surface area contributed by atoms with Crippen LogP contribution in [0.3, 0.4) is 0 Å². The maximum Gasteiger partial charge on any atom is -0.0164 e. The first-order valence-electron chi connectivity index (χ1n) is 3.21. The van der Waals surface area contributed by atoms with Crippen molar-refractivity contribution in [2.75, 3.05) is 0 Å². The van der Waals surface area contributed by atoms with Gasteiger partial charge in [0.2, 0.25) is 0 Å². The van der Waals surface area contributed by atoms with Gasteiger partial charge in [-0.25, -0.2) is 0 Å². The summed E-state index contributed by atoms with van der Waals surface area (Å²) in [4.78, 5) is 0. The van der Waals surface area contributed by atoms with Crippen molar-refractivity contribution >= 4 is 0 Å². The molecule has 0 aromatic heterocycles. The fourth-order valence-corrected chi connectivity index (χ4v) is 0.814. The molecule has 0 heterocycles. The fraction of sp³-hybridized carbons (Fsp3) is 0.500. The molecule has 0 fully saturated rings. The first kappa shape index (κ1) is 5.61. The zero-order valence-corrected chi connectivity index (χ0v) is 5.30. The Balaban J connectivity index is 2.11. The summed E-state index contributed by atoms with van der Waals surface area (Å²) in [5.41, 5.74) is 0. The average Bonchev–Trinajstić information content (AvgIpc) is 1.63. The van der Waals surface area contributed by atoms with Crippen LogP contribution in [0.4, 0.5) is 0 Å². The summed E-state index contributed by atoms with van der Waals surface area (Å²) in [6.07, 6.45) is 11.4. The first-order valence-corrected chi connectivity index (χ1v) is 3.21. The van der Waals surface area contributed by atoms with Crippen LogP contribution in [0.5, 0.6) is 0 Å². The van der Waals surface area contributed by atoms with Gasteiger partial charge in [0.1, 0.15) is 0 Å². The molecule has 0 aromatic rings. The Bertz CT molecular complexity index is 109. The van der Waals surface area contributed by atoms with E-state index in [1.54, 1.807) is 0 Å². The summed E-state index contributed by atoms with van der Waals surface area (Å²) in [6.45, 7) is 2.07. The number of allylic oxidation sites excluding steroid dienone is 4. The van der Waals surface area contributed by atoms with Crippen LogP contribution in [0.15, 0.2) is 24.3 Å². The van der Waals surface area contributed by atoms with E-state index in [1.165, 1.54) is 12.8 Å². The number of hydrogen-bond donors (Lipinski definition) is 0. The van der Waals surface area contributed by atoms with Crippen LogP contribution < -0.4 is 0 Å². The standard InChI is InChI=1S/C8H12/c1-2-3-5-8-6-4-7-8/h2-4,6,8H,5,7H2,1H3. The van der Waals surface area contributed by atoms with Crippen LogP contribution in [0, 0.1) is 5.92 Å². The van der Waals surface area contributed by atoms with Gasteiger partial charge in [-0.2, -0.15) is 0 Å². The molecule has 1 unspecified atom stereocenters. The molecule has 0 heteroatoms. The largest absolute Gasteiger partial charge is 0.0916 e. The Hall–Kier alpha value is -0.520. The minimum absolute atomic E-state index is 0.867. The van der Waals surface area contributed by atoms with Gasteiger partial charge in [-0.15, -0.1) is 0 Å². The summed E-state index contributed by atoms with van der Waals surface area (Å²) >= 11 is 0. The van der Waals surface area contributed by atoms with Gasteiger partial charge in [0, 0.05) is 0 Å². The molecular weight excluding hydrogens is 96.1 g/mol. The Labute approximate surface area is 50.9 Å². The van der Waals surface area contributed by atoms with Crippen molar-refractivity contribution in [3.63, 3.8) is 0 Å². The molecular formula is C8H12. The predicted octanol–water partition coefficient (Wildman–Crippen LogP) is 2.53. The van der Waals surface area contributed by atoms with Gasteiger partial charge in [-0.05, 0) is 25.7 Å². The molecule has 0 bridgehead atoms. The molecule has 8 heavy (non-hydrogen) atoms. The second-order valence-corrected chi connectivity index (χ2v) is 2.23. The van der Waals surface area contributed by atoms with E-state index in [0.29, 0.717) is 0 Å². The minimum Gasteiger partial charge on any atom is -0.0916 e. The molecule has 44 valence electrons. The average molecular weight is 108 g/mol. The van der Waals surface area contributed by atoms with Gasteiger partial charge in [0.15, 0.2) is 0 Å². The van der Waals surface area contributed by atoms with Crippen molar-refractivity contribution in [1.82, 2.24) is 0 Å². The van der Waals surface area contributed by atoms with E-state index in [9.17, 15) is 0 Å². The lowest BCUT2D eigenvalue weighted by molar-refractivity contribution is 0.621. The molecule has 0 spiro atoms. The van der Waals surface area contributed by atoms with Gasteiger partial charge in [0.25, 0.3) is 0 Å². The van der Waals surface area contributed by atoms with Crippen molar-refractivity contribution in [3.8, 4) is 0 Å². The summed E-state index contributed by atoms with van der Waals surface area (Å²) in [5.74, 6) is 0.867. The topological polar surface area (TPSA) is 0 Å². The lowest BCUT2D eigenvalue weighted by atomic mass is 9.92. The zero-order valence-electron chi connectivity index (χ0n) is 5.30.